The van der Waals surface area contributed by atoms with E-state index >= 15 is 0 Å². The molecule has 0 fully saturated rings. The summed E-state index contributed by atoms with van der Waals surface area (Å²) in [6, 6.07) is 1.96. The molecule has 1 atom stereocenters. The molecule has 0 bridgehead atoms. The Balaban J connectivity index is 2.21. The van der Waals surface area contributed by atoms with Gasteiger partial charge in [0.1, 0.15) is 11.5 Å². The Hall–Kier alpha value is -0.760. The van der Waals surface area contributed by atoms with Crippen molar-refractivity contribution in [2.45, 2.75) is 71.8 Å². The molecule has 1 rings (SSSR count). The van der Waals surface area contributed by atoms with Gasteiger partial charge in [0.15, 0.2) is 0 Å². The van der Waals surface area contributed by atoms with Gasteiger partial charge in [0.25, 0.3) is 0 Å². The minimum absolute atomic E-state index is 0.348. The molecular formula is C15H26O2. The summed E-state index contributed by atoms with van der Waals surface area (Å²) in [4.78, 5) is 0. The van der Waals surface area contributed by atoms with Crippen LogP contribution in [0, 0.1) is 13.8 Å². The van der Waals surface area contributed by atoms with Crippen LogP contribution in [0.4, 0.5) is 0 Å². The van der Waals surface area contributed by atoms with Crippen molar-refractivity contribution in [1.29, 1.82) is 0 Å². The molecule has 0 aliphatic carbocycles. The van der Waals surface area contributed by atoms with Crippen molar-refractivity contribution in [1.82, 2.24) is 0 Å². The molecule has 1 N–H and O–H groups in total. The summed E-state index contributed by atoms with van der Waals surface area (Å²) in [5.41, 5.74) is 0.969. The molecule has 0 aliphatic heterocycles. The molecular weight excluding hydrogens is 212 g/mol. The van der Waals surface area contributed by atoms with E-state index in [1.165, 1.54) is 32.1 Å². The van der Waals surface area contributed by atoms with E-state index in [1.54, 1.807) is 0 Å². The molecule has 0 saturated heterocycles. The molecule has 17 heavy (non-hydrogen) atoms. The van der Waals surface area contributed by atoms with Gasteiger partial charge in [0, 0.05) is 5.56 Å². The number of unbranched alkanes of at least 4 members (excludes halogenated alkanes) is 5. The van der Waals surface area contributed by atoms with Crippen LogP contribution >= 0.6 is 0 Å². The standard InChI is InChI=1S/C15H26O2/c1-4-5-6-7-8-9-10-15(16)14-11-12(2)17-13(14)3/h11,15-16H,4-10H2,1-3H3. The SMILES string of the molecule is CCCCCCCCC(O)c1cc(C)oc1C. The molecule has 0 radical (unpaired) electrons. The fourth-order valence-corrected chi connectivity index (χ4v) is 2.25. The summed E-state index contributed by atoms with van der Waals surface area (Å²) in [5.74, 6) is 1.75. The first kappa shape index (κ1) is 14.3. The molecule has 98 valence electrons. The normalized spacial score (nSPS) is 12.9. The zero-order valence-corrected chi connectivity index (χ0v) is 11.5. The van der Waals surface area contributed by atoms with Gasteiger partial charge >= 0.3 is 0 Å². The monoisotopic (exact) mass is 238 g/mol. The number of rotatable bonds is 8. The first-order valence-corrected chi connectivity index (χ1v) is 6.90. The third-order valence-electron chi connectivity index (χ3n) is 3.27. The van der Waals surface area contributed by atoms with Gasteiger partial charge in [-0.15, -0.1) is 0 Å². The highest BCUT2D eigenvalue weighted by atomic mass is 16.3. The van der Waals surface area contributed by atoms with E-state index < -0.39 is 0 Å². The smallest absolute Gasteiger partial charge is 0.106 e. The van der Waals surface area contributed by atoms with E-state index in [2.05, 4.69) is 6.92 Å². The molecule has 1 aromatic heterocycles. The Morgan fingerprint density at radius 3 is 2.35 bits per heavy atom. The molecule has 0 aliphatic rings. The Labute approximate surface area is 105 Å². The zero-order chi connectivity index (χ0) is 12.7. The van der Waals surface area contributed by atoms with Gasteiger partial charge in [-0.25, -0.2) is 0 Å². The van der Waals surface area contributed by atoms with Crippen LogP contribution in [0.25, 0.3) is 0 Å². The van der Waals surface area contributed by atoms with Crippen LogP contribution in [0.5, 0.6) is 0 Å². The second kappa shape index (κ2) is 7.54. The number of furan rings is 1. The predicted molar refractivity (Wildman–Crippen MR) is 71.1 cm³/mol. The van der Waals surface area contributed by atoms with E-state index in [4.69, 9.17) is 4.42 Å². The Kier molecular flexibility index (Phi) is 6.35. The highest BCUT2D eigenvalue weighted by molar-refractivity contribution is 5.22. The number of aliphatic hydroxyl groups is 1. The van der Waals surface area contributed by atoms with Crippen LogP contribution in [0.2, 0.25) is 0 Å². The molecule has 1 heterocycles. The maximum atomic E-state index is 10.1. The Morgan fingerprint density at radius 2 is 1.76 bits per heavy atom. The topological polar surface area (TPSA) is 33.4 Å². The summed E-state index contributed by atoms with van der Waals surface area (Å²) in [6.45, 7) is 6.08. The third kappa shape index (κ3) is 4.95. The summed E-state index contributed by atoms with van der Waals surface area (Å²) < 4.78 is 5.44. The lowest BCUT2D eigenvalue weighted by atomic mass is 10.0. The van der Waals surface area contributed by atoms with Gasteiger partial charge < -0.3 is 9.52 Å². The maximum absolute atomic E-state index is 10.1. The number of hydrogen-bond donors (Lipinski definition) is 1. The molecule has 0 aromatic carbocycles. The Morgan fingerprint density at radius 1 is 1.12 bits per heavy atom. The van der Waals surface area contributed by atoms with E-state index in [-0.39, 0.29) is 6.10 Å². The first-order valence-electron chi connectivity index (χ1n) is 6.90. The fourth-order valence-electron chi connectivity index (χ4n) is 2.25. The van der Waals surface area contributed by atoms with Gasteiger partial charge in [0.2, 0.25) is 0 Å². The van der Waals surface area contributed by atoms with E-state index in [9.17, 15) is 5.11 Å². The van der Waals surface area contributed by atoms with Crippen molar-refractivity contribution in [3.8, 4) is 0 Å². The van der Waals surface area contributed by atoms with Gasteiger partial charge in [-0.05, 0) is 26.3 Å². The van der Waals surface area contributed by atoms with E-state index in [0.29, 0.717) is 0 Å². The summed E-state index contributed by atoms with van der Waals surface area (Å²) >= 11 is 0. The summed E-state index contributed by atoms with van der Waals surface area (Å²) in [5, 5.41) is 10.1. The van der Waals surface area contributed by atoms with Crippen LogP contribution < -0.4 is 0 Å². The van der Waals surface area contributed by atoms with Crippen LogP contribution in [0.1, 0.15) is 75.1 Å². The minimum atomic E-state index is -0.348. The lowest BCUT2D eigenvalue weighted by molar-refractivity contribution is 0.161. The quantitative estimate of drug-likeness (QED) is 0.667. The predicted octanol–water partition coefficient (Wildman–Crippen LogP) is 4.68. The molecule has 2 heteroatoms. The second-order valence-electron chi connectivity index (χ2n) is 4.94. The molecule has 0 spiro atoms. The first-order chi connectivity index (χ1) is 8.15. The van der Waals surface area contributed by atoms with Crippen molar-refractivity contribution in [3.63, 3.8) is 0 Å². The van der Waals surface area contributed by atoms with Crippen molar-refractivity contribution in [2.24, 2.45) is 0 Å². The Bertz CT molecular complexity index is 315. The minimum Gasteiger partial charge on any atom is -0.466 e. The number of hydrogen-bond acceptors (Lipinski definition) is 2. The third-order valence-corrected chi connectivity index (χ3v) is 3.27. The number of aliphatic hydroxyl groups excluding tert-OH is 1. The van der Waals surface area contributed by atoms with Crippen molar-refractivity contribution < 1.29 is 9.52 Å². The van der Waals surface area contributed by atoms with E-state index in [0.717, 1.165) is 29.9 Å². The van der Waals surface area contributed by atoms with Crippen molar-refractivity contribution >= 4 is 0 Å². The highest BCUT2D eigenvalue weighted by Gasteiger charge is 2.13. The van der Waals surface area contributed by atoms with Gasteiger partial charge in [-0.3, -0.25) is 0 Å². The molecule has 0 saturated carbocycles. The van der Waals surface area contributed by atoms with Crippen molar-refractivity contribution in [3.05, 3.63) is 23.2 Å². The highest BCUT2D eigenvalue weighted by Crippen LogP contribution is 2.25. The average molecular weight is 238 g/mol. The van der Waals surface area contributed by atoms with Crippen LogP contribution in [0.15, 0.2) is 10.5 Å². The molecule has 1 unspecified atom stereocenters. The lowest BCUT2D eigenvalue weighted by Crippen LogP contribution is -1.97. The van der Waals surface area contributed by atoms with Gasteiger partial charge in [-0.2, -0.15) is 0 Å². The van der Waals surface area contributed by atoms with Crippen molar-refractivity contribution in [2.75, 3.05) is 0 Å². The molecule has 2 nitrogen and oxygen atoms in total. The number of aryl methyl sites for hydroxylation is 2. The molecule has 1 aromatic rings. The van der Waals surface area contributed by atoms with Crippen LogP contribution in [0.3, 0.4) is 0 Å². The van der Waals surface area contributed by atoms with Crippen LogP contribution in [-0.4, -0.2) is 5.11 Å². The van der Waals surface area contributed by atoms with E-state index in [1.807, 2.05) is 19.9 Å². The van der Waals surface area contributed by atoms with Gasteiger partial charge in [0.05, 0.1) is 6.10 Å². The largest absolute Gasteiger partial charge is 0.466 e. The second-order valence-corrected chi connectivity index (χ2v) is 4.94. The summed E-state index contributed by atoms with van der Waals surface area (Å²) in [6.07, 6.45) is 8.09. The van der Waals surface area contributed by atoms with Gasteiger partial charge in [-0.1, -0.05) is 45.4 Å². The summed E-state index contributed by atoms with van der Waals surface area (Å²) in [7, 11) is 0. The fraction of sp³-hybridized carbons (Fsp3) is 0.733. The maximum Gasteiger partial charge on any atom is 0.106 e. The lowest BCUT2D eigenvalue weighted by Gasteiger charge is -2.09. The zero-order valence-electron chi connectivity index (χ0n) is 11.5. The van der Waals surface area contributed by atoms with Crippen LogP contribution in [-0.2, 0) is 0 Å². The molecule has 0 amide bonds. The average Bonchev–Trinajstić information content (AvgIpc) is 2.62.